The summed E-state index contributed by atoms with van der Waals surface area (Å²) in [6.07, 6.45) is 5.77. The van der Waals surface area contributed by atoms with Crippen molar-refractivity contribution >= 4 is 23.2 Å². The number of hydrogen-bond donors (Lipinski definition) is 5. The first-order valence-electron chi connectivity index (χ1n) is 5.82. The molecule has 0 aromatic rings. The van der Waals surface area contributed by atoms with Gasteiger partial charge in [0.05, 0.1) is 0 Å². The van der Waals surface area contributed by atoms with E-state index >= 15 is 0 Å². The van der Waals surface area contributed by atoms with Crippen LogP contribution in [-0.2, 0) is 22.3 Å². The fraction of sp³-hybridized carbons (Fsp3) is 0.500. The number of aliphatic hydroxyl groups excluding tert-OH is 1. The van der Waals surface area contributed by atoms with E-state index in [0.29, 0.717) is 0 Å². The second-order valence-corrected chi connectivity index (χ2v) is 9.02. The Morgan fingerprint density at radius 2 is 1.68 bits per heavy atom. The Morgan fingerprint density at radius 3 is 2.23 bits per heavy atom. The number of aliphatic hydroxyl groups is 1. The summed E-state index contributed by atoms with van der Waals surface area (Å²) in [5.74, 6) is -1.37. The SMILES string of the molecule is O=P(O)(O)OP(=O)(O)OP(=O)(O)C1C=CC=CN1CCCO. The molecule has 5 N–H and O–H groups in total. The zero-order valence-corrected chi connectivity index (χ0v) is 13.8. The molecule has 128 valence electrons. The van der Waals surface area contributed by atoms with Crippen LogP contribution in [0.2, 0.25) is 0 Å². The first kappa shape index (κ1) is 19.7. The molecule has 0 aromatic heterocycles. The maximum absolute atomic E-state index is 12.1. The van der Waals surface area contributed by atoms with Crippen molar-refractivity contribution in [2.75, 3.05) is 13.2 Å². The molecule has 3 atom stereocenters. The highest BCUT2D eigenvalue weighted by Gasteiger charge is 2.44. The zero-order valence-electron chi connectivity index (χ0n) is 11.1. The summed E-state index contributed by atoms with van der Waals surface area (Å²) in [4.78, 5) is 37.2. The predicted molar refractivity (Wildman–Crippen MR) is 74.3 cm³/mol. The summed E-state index contributed by atoms with van der Waals surface area (Å²) < 4.78 is 41.6. The molecule has 0 aliphatic carbocycles. The topological polar surface area (TPSA) is 174 Å². The lowest BCUT2D eigenvalue weighted by atomic mass is 10.3. The van der Waals surface area contributed by atoms with Gasteiger partial charge in [-0.05, 0) is 18.6 Å². The van der Waals surface area contributed by atoms with Crippen LogP contribution in [0.4, 0.5) is 0 Å². The van der Waals surface area contributed by atoms with E-state index in [1.54, 1.807) is 0 Å². The Morgan fingerprint density at radius 1 is 1.05 bits per heavy atom. The number of rotatable bonds is 8. The molecule has 0 fully saturated rings. The van der Waals surface area contributed by atoms with Crippen molar-refractivity contribution in [1.29, 1.82) is 0 Å². The molecule has 0 saturated heterocycles. The Balaban J connectivity index is 2.89. The van der Waals surface area contributed by atoms with Gasteiger partial charge in [0.2, 0.25) is 0 Å². The third-order valence-electron chi connectivity index (χ3n) is 2.35. The standard InChI is InChI=1S/C8H16NO10P3/c10-7-3-6-9-5-2-1-4-8(9)20(11,12)18-22(16,17)19-21(13,14)15/h1-2,4-5,8,10H,3,6-7H2,(H,11,12)(H,16,17)(H2,13,14,15). The molecule has 0 bridgehead atoms. The maximum Gasteiger partial charge on any atom is 0.488 e. The third kappa shape index (κ3) is 6.44. The van der Waals surface area contributed by atoms with Crippen LogP contribution in [0.15, 0.2) is 24.4 Å². The Kier molecular flexibility index (Phi) is 6.73. The molecule has 0 radical (unpaired) electrons. The summed E-state index contributed by atoms with van der Waals surface area (Å²) in [5.41, 5.74) is 0. The molecule has 22 heavy (non-hydrogen) atoms. The normalized spacial score (nSPS) is 24.0. The highest BCUT2D eigenvalue weighted by atomic mass is 31.3. The second kappa shape index (κ2) is 7.51. The van der Waals surface area contributed by atoms with Crippen LogP contribution in [0.25, 0.3) is 0 Å². The van der Waals surface area contributed by atoms with Gasteiger partial charge in [-0.3, -0.25) is 4.57 Å². The minimum atomic E-state index is -5.46. The van der Waals surface area contributed by atoms with Gasteiger partial charge in [0, 0.05) is 19.4 Å². The van der Waals surface area contributed by atoms with Crippen LogP contribution < -0.4 is 0 Å². The van der Waals surface area contributed by atoms with Crippen LogP contribution in [0, 0.1) is 0 Å². The monoisotopic (exact) mass is 379 g/mol. The predicted octanol–water partition coefficient (Wildman–Crippen LogP) is 0.492. The molecule has 0 aromatic carbocycles. The minimum absolute atomic E-state index is 0.144. The number of phosphoric acid groups is 2. The summed E-state index contributed by atoms with van der Waals surface area (Å²) in [5, 5.41) is 8.78. The summed E-state index contributed by atoms with van der Waals surface area (Å²) >= 11 is 0. The number of allylic oxidation sites excluding steroid dienone is 2. The molecule has 14 heteroatoms. The summed E-state index contributed by atoms with van der Waals surface area (Å²) in [6, 6.07) is 0. The molecule has 0 spiro atoms. The lowest BCUT2D eigenvalue weighted by Gasteiger charge is -2.32. The maximum atomic E-state index is 12.1. The van der Waals surface area contributed by atoms with Crippen molar-refractivity contribution < 1.29 is 47.0 Å². The van der Waals surface area contributed by atoms with Crippen molar-refractivity contribution in [2.24, 2.45) is 0 Å². The van der Waals surface area contributed by atoms with Crippen LogP contribution in [-0.4, -0.2) is 48.5 Å². The quantitative estimate of drug-likeness (QED) is 0.371. The van der Waals surface area contributed by atoms with E-state index in [1.807, 2.05) is 0 Å². The van der Waals surface area contributed by atoms with E-state index < -0.39 is 29.0 Å². The lowest BCUT2D eigenvalue weighted by Crippen LogP contribution is -2.32. The van der Waals surface area contributed by atoms with Gasteiger partial charge in [-0.15, -0.1) is 0 Å². The molecule has 1 aliphatic rings. The molecule has 1 aliphatic heterocycles. The number of nitrogens with zero attached hydrogens (tertiary/aromatic N) is 1. The van der Waals surface area contributed by atoms with E-state index in [9.17, 15) is 18.6 Å². The van der Waals surface area contributed by atoms with Crippen molar-refractivity contribution in [1.82, 2.24) is 4.90 Å². The molecule has 0 saturated carbocycles. The average molecular weight is 379 g/mol. The van der Waals surface area contributed by atoms with Gasteiger partial charge in [-0.2, -0.15) is 4.31 Å². The van der Waals surface area contributed by atoms with Gasteiger partial charge in [-0.25, -0.2) is 13.4 Å². The smallest absolute Gasteiger partial charge is 0.396 e. The molecule has 11 nitrogen and oxygen atoms in total. The molecule has 1 heterocycles. The van der Waals surface area contributed by atoms with Crippen LogP contribution in [0.5, 0.6) is 0 Å². The number of hydrogen-bond acceptors (Lipinski definition) is 7. The van der Waals surface area contributed by atoms with E-state index in [0.717, 1.165) is 0 Å². The van der Waals surface area contributed by atoms with Crippen molar-refractivity contribution in [3.8, 4) is 0 Å². The van der Waals surface area contributed by atoms with Crippen LogP contribution >= 0.6 is 23.2 Å². The summed E-state index contributed by atoms with van der Waals surface area (Å²) in [7, 11) is -15.7. The fourth-order valence-corrected chi connectivity index (χ4v) is 5.54. The van der Waals surface area contributed by atoms with Gasteiger partial charge < -0.3 is 29.6 Å². The average Bonchev–Trinajstić information content (AvgIpc) is 2.32. The molecular formula is C8H16NO10P3. The van der Waals surface area contributed by atoms with Crippen molar-refractivity contribution in [3.63, 3.8) is 0 Å². The van der Waals surface area contributed by atoms with Gasteiger partial charge in [-0.1, -0.05) is 6.08 Å². The van der Waals surface area contributed by atoms with E-state index in [-0.39, 0.29) is 19.6 Å². The lowest BCUT2D eigenvalue weighted by molar-refractivity contribution is 0.211. The Labute approximate surface area is 125 Å². The van der Waals surface area contributed by atoms with E-state index in [2.05, 4.69) is 8.62 Å². The molecule has 1 rings (SSSR count). The van der Waals surface area contributed by atoms with Crippen molar-refractivity contribution in [2.45, 2.75) is 12.2 Å². The zero-order chi connectivity index (χ0) is 17.0. The highest BCUT2D eigenvalue weighted by Crippen LogP contribution is 2.68. The summed E-state index contributed by atoms with van der Waals surface area (Å²) in [6.45, 7) is -0.0395. The fourth-order valence-electron chi connectivity index (χ4n) is 1.62. The van der Waals surface area contributed by atoms with Crippen molar-refractivity contribution in [3.05, 3.63) is 24.4 Å². The molecule has 3 unspecified atom stereocenters. The van der Waals surface area contributed by atoms with E-state index in [4.69, 9.17) is 19.8 Å². The Hall–Kier alpha value is -0.310. The van der Waals surface area contributed by atoms with E-state index in [1.165, 1.54) is 29.3 Å². The largest absolute Gasteiger partial charge is 0.488 e. The minimum Gasteiger partial charge on any atom is -0.396 e. The van der Waals surface area contributed by atoms with Gasteiger partial charge >= 0.3 is 23.2 Å². The molecular weight excluding hydrogens is 363 g/mol. The van der Waals surface area contributed by atoms with Gasteiger partial charge in [0.1, 0.15) is 0 Å². The van der Waals surface area contributed by atoms with Gasteiger partial charge in [0.15, 0.2) is 5.78 Å². The van der Waals surface area contributed by atoms with Crippen LogP contribution in [0.1, 0.15) is 6.42 Å². The van der Waals surface area contributed by atoms with Gasteiger partial charge in [0.25, 0.3) is 0 Å². The second-order valence-electron chi connectivity index (χ2n) is 4.14. The molecule has 0 amide bonds. The first-order chi connectivity index (χ1) is 9.97. The Bertz CT molecular complexity index is 583. The highest BCUT2D eigenvalue weighted by molar-refractivity contribution is 7.68. The third-order valence-corrected chi connectivity index (χ3v) is 6.93. The van der Waals surface area contributed by atoms with Crippen LogP contribution in [0.3, 0.4) is 0 Å². The first-order valence-corrected chi connectivity index (χ1v) is 10.5.